The number of benzene rings is 4. The molecule has 0 spiro atoms. The van der Waals surface area contributed by atoms with Crippen LogP contribution in [0, 0.1) is 0 Å². The van der Waals surface area contributed by atoms with E-state index in [1.165, 1.54) is 21.5 Å². The smallest absolute Gasteiger partial charge is 0.189 e. The number of allylic oxidation sites excluding steroid dienone is 1. The third-order valence-corrected chi connectivity index (χ3v) is 5.35. The maximum absolute atomic E-state index is 13.0. The largest absolute Gasteiger partial charge is 0.289 e. The first kappa shape index (κ1) is 15.1. The fourth-order valence-electron chi connectivity index (χ4n) is 4.03. The van der Waals surface area contributed by atoms with E-state index >= 15 is 0 Å². The zero-order valence-corrected chi connectivity index (χ0v) is 14.4. The molecule has 4 aromatic rings. The van der Waals surface area contributed by atoms with Gasteiger partial charge in [0.1, 0.15) is 0 Å². The topological polar surface area (TPSA) is 17.1 Å². The Morgan fingerprint density at radius 3 is 2.04 bits per heavy atom. The second-order valence-corrected chi connectivity index (χ2v) is 6.89. The Morgan fingerprint density at radius 1 is 0.692 bits per heavy atom. The van der Waals surface area contributed by atoms with Crippen LogP contribution in [-0.2, 0) is 6.42 Å². The van der Waals surface area contributed by atoms with E-state index in [1.54, 1.807) is 0 Å². The SMILES string of the molecule is O=C1/C(=C/c2c3ccccc3cc3ccccc23)CCc2ccccc21. The van der Waals surface area contributed by atoms with Crippen molar-refractivity contribution in [2.45, 2.75) is 12.8 Å². The quantitative estimate of drug-likeness (QED) is 0.299. The number of ketones is 1. The minimum absolute atomic E-state index is 0.170. The summed E-state index contributed by atoms with van der Waals surface area (Å²) in [5.41, 5.74) is 4.08. The lowest BCUT2D eigenvalue weighted by Gasteiger charge is -2.18. The van der Waals surface area contributed by atoms with Gasteiger partial charge in [0.25, 0.3) is 0 Å². The highest BCUT2D eigenvalue weighted by Crippen LogP contribution is 2.33. The second kappa shape index (κ2) is 5.96. The predicted molar refractivity (Wildman–Crippen MR) is 109 cm³/mol. The van der Waals surface area contributed by atoms with E-state index in [0.717, 1.165) is 35.1 Å². The highest BCUT2D eigenvalue weighted by Gasteiger charge is 2.21. The van der Waals surface area contributed by atoms with E-state index in [4.69, 9.17) is 0 Å². The summed E-state index contributed by atoms with van der Waals surface area (Å²) in [6.07, 6.45) is 3.85. The van der Waals surface area contributed by atoms with Crippen LogP contribution in [0.4, 0.5) is 0 Å². The van der Waals surface area contributed by atoms with E-state index in [2.05, 4.69) is 66.7 Å². The Balaban J connectivity index is 1.76. The van der Waals surface area contributed by atoms with E-state index in [-0.39, 0.29) is 5.78 Å². The third-order valence-electron chi connectivity index (χ3n) is 5.35. The van der Waals surface area contributed by atoms with Crippen molar-refractivity contribution in [2.75, 3.05) is 0 Å². The molecule has 124 valence electrons. The van der Waals surface area contributed by atoms with Crippen LogP contribution in [0.1, 0.15) is 27.9 Å². The zero-order chi connectivity index (χ0) is 17.5. The van der Waals surface area contributed by atoms with Crippen molar-refractivity contribution in [3.63, 3.8) is 0 Å². The lowest BCUT2D eigenvalue weighted by molar-refractivity contribution is 0.102. The minimum Gasteiger partial charge on any atom is -0.289 e. The Morgan fingerprint density at radius 2 is 1.31 bits per heavy atom. The Kier molecular flexibility index (Phi) is 3.46. The molecule has 1 aliphatic carbocycles. The van der Waals surface area contributed by atoms with Gasteiger partial charge < -0.3 is 0 Å². The van der Waals surface area contributed by atoms with Gasteiger partial charge in [0.15, 0.2) is 5.78 Å². The molecule has 1 heteroatoms. The molecule has 0 atom stereocenters. The van der Waals surface area contributed by atoms with Crippen LogP contribution in [0.2, 0.25) is 0 Å². The number of carbonyl (C=O) groups is 1. The molecular weight excluding hydrogens is 316 g/mol. The summed E-state index contributed by atoms with van der Waals surface area (Å²) >= 11 is 0. The number of carbonyl (C=O) groups excluding carboxylic acids is 1. The van der Waals surface area contributed by atoms with Crippen LogP contribution < -0.4 is 0 Å². The summed E-state index contributed by atoms with van der Waals surface area (Å²) in [5, 5.41) is 4.82. The second-order valence-electron chi connectivity index (χ2n) is 6.89. The number of hydrogen-bond acceptors (Lipinski definition) is 1. The molecule has 0 aromatic heterocycles. The normalized spacial score (nSPS) is 15.5. The number of aryl methyl sites for hydroxylation is 1. The molecule has 0 radical (unpaired) electrons. The van der Waals surface area contributed by atoms with Crippen LogP contribution in [0.3, 0.4) is 0 Å². The van der Waals surface area contributed by atoms with Crippen molar-refractivity contribution >= 4 is 33.4 Å². The molecular formula is C25H18O. The first-order chi connectivity index (χ1) is 12.8. The number of rotatable bonds is 1. The van der Waals surface area contributed by atoms with Gasteiger partial charge in [-0.15, -0.1) is 0 Å². The van der Waals surface area contributed by atoms with Crippen molar-refractivity contribution in [1.29, 1.82) is 0 Å². The van der Waals surface area contributed by atoms with Gasteiger partial charge in [-0.3, -0.25) is 4.79 Å². The van der Waals surface area contributed by atoms with Gasteiger partial charge in [-0.1, -0.05) is 72.8 Å². The predicted octanol–water partition coefficient (Wildman–Crippen LogP) is 6.21. The molecule has 0 aliphatic heterocycles. The Labute approximate surface area is 152 Å². The molecule has 1 nitrogen and oxygen atoms in total. The highest BCUT2D eigenvalue weighted by atomic mass is 16.1. The molecule has 26 heavy (non-hydrogen) atoms. The number of fused-ring (bicyclic) bond motifs is 3. The molecule has 0 bridgehead atoms. The first-order valence-corrected chi connectivity index (χ1v) is 9.05. The summed E-state index contributed by atoms with van der Waals surface area (Å²) < 4.78 is 0. The Hall–Kier alpha value is -3.19. The molecule has 0 N–H and O–H groups in total. The van der Waals surface area contributed by atoms with Gasteiger partial charge in [0.05, 0.1) is 0 Å². The molecule has 1 aliphatic rings. The fraction of sp³-hybridized carbons (Fsp3) is 0.0800. The third kappa shape index (κ3) is 2.36. The Bertz CT molecular complexity index is 1140. The van der Waals surface area contributed by atoms with Gasteiger partial charge in [0.2, 0.25) is 0 Å². The lowest BCUT2D eigenvalue weighted by Crippen LogP contribution is -2.13. The molecule has 0 heterocycles. The van der Waals surface area contributed by atoms with Crippen molar-refractivity contribution in [3.05, 3.63) is 101 Å². The number of hydrogen-bond donors (Lipinski definition) is 0. The maximum atomic E-state index is 13.0. The number of Topliss-reactive ketones (excluding diaryl/α,β-unsaturated/α-hetero) is 1. The average molecular weight is 334 g/mol. The molecule has 0 saturated heterocycles. The van der Waals surface area contributed by atoms with Crippen LogP contribution >= 0.6 is 0 Å². The van der Waals surface area contributed by atoms with Crippen LogP contribution in [-0.4, -0.2) is 5.78 Å². The van der Waals surface area contributed by atoms with E-state index in [1.807, 2.05) is 18.2 Å². The standard InChI is InChI=1S/C25H18O/c26-25-20(14-13-17-7-1-6-12-23(17)25)16-24-21-10-4-2-8-18(21)15-19-9-3-5-11-22(19)24/h1-12,15-16H,13-14H2/b20-16+. The summed E-state index contributed by atoms with van der Waals surface area (Å²) in [5.74, 6) is 0.170. The molecule has 0 saturated carbocycles. The van der Waals surface area contributed by atoms with E-state index < -0.39 is 0 Å². The monoisotopic (exact) mass is 334 g/mol. The van der Waals surface area contributed by atoms with Crippen molar-refractivity contribution in [3.8, 4) is 0 Å². The van der Waals surface area contributed by atoms with Gasteiger partial charge >= 0.3 is 0 Å². The molecule has 4 aromatic carbocycles. The zero-order valence-electron chi connectivity index (χ0n) is 14.4. The molecule has 0 amide bonds. The van der Waals surface area contributed by atoms with E-state index in [0.29, 0.717) is 0 Å². The first-order valence-electron chi connectivity index (χ1n) is 9.05. The summed E-state index contributed by atoms with van der Waals surface area (Å²) in [7, 11) is 0. The summed E-state index contributed by atoms with van der Waals surface area (Å²) in [6.45, 7) is 0. The maximum Gasteiger partial charge on any atom is 0.189 e. The van der Waals surface area contributed by atoms with Crippen molar-refractivity contribution in [1.82, 2.24) is 0 Å². The lowest BCUT2D eigenvalue weighted by atomic mass is 9.85. The van der Waals surface area contributed by atoms with Crippen LogP contribution in [0.5, 0.6) is 0 Å². The van der Waals surface area contributed by atoms with Gasteiger partial charge in [-0.05, 0) is 57.7 Å². The van der Waals surface area contributed by atoms with E-state index in [9.17, 15) is 4.79 Å². The minimum atomic E-state index is 0.170. The summed E-state index contributed by atoms with van der Waals surface area (Å²) in [6, 6.07) is 27.1. The fourth-order valence-corrected chi connectivity index (χ4v) is 4.03. The molecule has 0 unspecified atom stereocenters. The molecule has 0 fully saturated rings. The van der Waals surface area contributed by atoms with Gasteiger partial charge in [0, 0.05) is 11.1 Å². The average Bonchev–Trinajstić information content (AvgIpc) is 2.70. The van der Waals surface area contributed by atoms with Crippen LogP contribution in [0.25, 0.3) is 27.6 Å². The molecule has 5 rings (SSSR count). The summed E-state index contributed by atoms with van der Waals surface area (Å²) in [4.78, 5) is 13.0. The van der Waals surface area contributed by atoms with Crippen molar-refractivity contribution < 1.29 is 4.79 Å². The van der Waals surface area contributed by atoms with Gasteiger partial charge in [-0.25, -0.2) is 0 Å². The van der Waals surface area contributed by atoms with Crippen molar-refractivity contribution in [2.24, 2.45) is 0 Å². The van der Waals surface area contributed by atoms with Gasteiger partial charge in [-0.2, -0.15) is 0 Å². The van der Waals surface area contributed by atoms with Crippen LogP contribution in [0.15, 0.2) is 84.4 Å². The highest BCUT2D eigenvalue weighted by molar-refractivity contribution is 6.16.